The molecule has 0 bridgehead atoms. The molecule has 1 saturated heterocycles. The Morgan fingerprint density at radius 1 is 0.727 bits per heavy atom. The molecule has 6 rings (SSSR count). The molecule has 354 valence electrons. The van der Waals surface area contributed by atoms with Crippen molar-refractivity contribution in [2.45, 2.75) is 63.1 Å². The lowest BCUT2D eigenvalue weighted by molar-refractivity contribution is -0.274. The summed E-state index contributed by atoms with van der Waals surface area (Å²) in [6.45, 7) is 1.62. The van der Waals surface area contributed by atoms with Gasteiger partial charge in [0.05, 0.1) is 56.9 Å². The van der Waals surface area contributed by atoms with Crippen LogP contribution in [-0.2, 0) is 28.6 Å². The number of halogens is 3. The molecule has 0 radical (unpaired) electrons. The highest BCUT2D eigenvalue weighted by atomic mass is 19.4. The quantitative estimate of drug-likeness (QED) is 0.0718. The van der Waals surface area contributed by atoms with Crippen LogP contribution in [0.15, 0.2) is 66.7 Å². The predicted molar refractivity (Wildman–Crippen MR) is 225 cm³/mol. The number of anilines is 1. The molecule has 3 aliphatic rings. The first-order chi connectivity index (χ1) is 31.7. The average Bonchev–Trinajstić information content (AvgIpc) is 3.54. The number of hydrogen-bond donors (Lipinski definition) is 5. The summed E-state index contributed by atoms with van der Waals surface area (Å²) in [5.74, 6) is -3.15. The number of fused-ring (bicyclic) bond motifs is 1. The van der Waals surface area contributed by atoms with E-state index < -0.39 is 54.6 Å². The number of amides is 8. The number of ether oxygens (including phenoxy) is 6. The van der Waals surface area contributed by atoms with E-state index in [1.807, 2.05) is 0 Å². The first-order valence-corrected chi connectivity index (χ1v) is 21.2. The van der Waals surface area contributed by atoms with E-state index in [0.29, 0.717) is 55.9 Å². The molecule has 19 nitrogen and oxygen atoms in total. The molecule has 2 heterocycles. The third-order valence-electron chi connectivity index (χ3n) is 10.4. The summed E-state index contributed by atoms with van der Waals surface area (Å²) in [5.41, 5.74) is 0.760. The summed E-state index contributed by atoms with van der Waals surface area (Å²) in [6.07, 6.45) is -2.17. The van der Waals surface area contributed by atoms with Crippen LogP contribution in [0.3, 0.4) is 0 Å². The van der Waals surface area contributed by atoms with E-state index in [4.69, 9.17) is 23.7 Å². The maximum Gasteiger partial charge on any atom is 0.573 e. The zero-order valence-electron chi connectivity index (χ0n) is 35.6. The van der Waals surface area contributed by atoms with Gasteiger partial charge in [0.15, 0.2) is 6.61 Å². The minimum atomic E-state index is -4.80. The van der Waals surface area contributed by atoms with E-state index in [-0.39, 0.29) is 93.0 Å². The topological polar surface area (TPSA) is 238 Å². The molecule has 66 heavy (non-hydrogen) atoms. The van der Waals surface area contributed by atoms with Crippen LogP contribution in [0.25, 0.3) is 0 Å². The van der Waals surface area contributed by atoms with E-state index in [1.165, 1.54) is 30.3 Å². The van der Waals surface area contributed by atoms with Gasteiger partial charge >= 0.3 is 12.4 Å². The van der Waals surface area contributed by atoms with E-state index in [2.05, 4.69) is 31.3 Å². The minimum absolute atomic E-state index is 0.00871. The monoisotopic (exact) mass is 926 g/mol. The highest BCUT2D eigenvalue weighted by Crippen LogP contribution is 2.34. The van der Waals surface area contributed by atoms with Crippen LogP contribution in [0, 0.1) is 0 Å². The molecule has 1 atom stereocenters. The van der Waals surface area contributed by atoms with Crippen molar-refractivity contribution in [3.05, 3.63) is 83.4 Å². The van der Waals surface area contributed by atoms with Gasteiger partial charge in [0.1, 0.15) is 23.3 Å². The number of nitrogens with one attached hydrogen (secondary N) is 5. The molecule has 3 aromatic carbocycles. The van der Waals surface area contributed by atoms with E-state index >= 15 is 0 Å². The number of piperidine rings is 1. The molecule has 1 unspecified atom stereocenters. The van der Waals surface area contributed by atoms with Gasteiger partial charge in [-0.1, -0.05) is 6.07 Å². The van der Waals surface area contributed by atoms with Crippen molar-refractivity contribution in [1.29, 1.82) is 0 Å². The Bertz CT molecular complexity index is 2200. The summed E-state index contributed by atoms with van der Waals surface area (Å²) in [6, 6.07) is 14.3. The first-order valence-electron chi connectivity index (χ1n) is 21.2. The van der Waals surface area contributed by atoms with Crippen LogP contribution in [0.2, 0.25) is 0 Å². The molecule has 0 aromatic heterocycles. The molecule has 3 aromatic rings. The Hall–Kier alpha value is -6.78. The molecular weight excluding hydrogens is 878 g/mol. The van der Waals surface area contributed by atoms with Crippen LogP contribution in [-0.4, -0.2) is 130 Å². The van der Waals surface area contributed by atoms with E-state index in [0.717, 1.165) is 17.0 Å². The Labute approximate surface area is 376 Å². The third kappa shape index (κ3) is 14.4. The number of urea groups is 1. The van der Waals surface area contributed by atoms with Crippen molar-refractivity contribution in [1.82, 2.24) is 26.2 Å². The number of imide groups is 2. The number of alkyl halides is 3. The van der Waals surface area contributed by atoms with Gasteiger partial charge in [0, 0.05) is 36.8 Å². The van der Waals surface area contributed by atoms with Gasteiger partial charge in [0.2, 0.25) is 11.8 Å². The smallest absolute Gasteiger partial charge is 0.490 e. The molecule has 8 amide bonds. The van der Waals surface area contributed by atoms with Crippen molar-refractivity contribution >= 4 is 47.2 Å². The molecule has 22 heteroatoms. The summed E-state index contributed by atoms with van der Waals surface area (Å²) < 4.78 is 69.0. The molecular formula is C44H49F3N6O13. The van der Waals surface area contributed by atoms with Crippen molar-refractivity contribution in [2.75, 3.05) is 64.7 Å². The van der Waals surface area contributed by atoms with Gasteiger partial charge in [-0.2, -0.15) is 0 Å². The largest absolute Gasteiger partial charge is 0.573 e. The van der Waals surface area contributed by atoms with Crippen LogP contribution < -0.4 is 40.8 Å². The Kier molecular flexibility index (Phi) is 17.3. The van der Waals surface area contributed by atoms with Crippen LogP contribution in [0.4, 0.5) is 23.7 Å². The predicted octanol–water partition coefficient (Wildman–Crippen LogP) is 3.47. The Morgan fingerprint density at radius 3 is 2.02 bits per heavy atom. The number of carbonyl (C=O) groups is 7. The fraction of sp³-hybridized carbons (Fsp3) is 0.432. The van der Waals surface area contributed by atoms with Crippen LogP contribution in [0.5, 0.6) is 17.2 Å². The SMILES string of the molecule is O=C(COc1cccc2c1C(=O)N(C1CCC(=O)NC1=O)C2=O)NCCOCCOCCOCCNC(=O)c1ccc(OC2CCC(NC(=O)Nc3ccc(OC(F)(F)F)cc3)CC2)cc1. The number of nitrogens with zero attached hydrogens (tertiary/aromatic N) is 1. The average molecular weight is 927 g/mol. The van der Waals surface area contributed by atoms with Crippen molar-refractivity contribution < 1.29 is 75.2 Å². The van der Waals surface area contributed by atoms with Gasteiger partial charge in [-0.15, -0.1) is 13.2 Å². The van der Waals surface area contributed by atoms with E-state index in [1.54, 1.807) is 24.3 Å². The summed E-state index contributed by atoms with van der Waals surface area (Å²) in [4.78, 5) is 88.2. The zero-order chi connectivity index (χ0) is 47.1. The number of benzene rings is 3. The first kappa shape index (κ1) is 48.7. The second kappa shape index (κ2) is 23.4. The minimum Gasteiger partial charge on any atom is -0.490 e. The van der Waals surface area contributed by atoms with Gasteiger partial charge in [-0.3, -0.25) is 39.0 Å². The summed E-state index contributed by atoms with van der Waals surface area (Å²) in [5, 5.41) is 13.0. The molecule has 2 fully saturated rings. The normalized spacial score (nSPS) is 18.2. The maximum atomic E-state index is 13.2. The van der Waals surface area contributed by atoms with Crippen molar-refractivity contribution in [3.63, 3.8) is 0 Å². The van der Waals surface area contributed by atoms with Crippen molar-refractivity contribution in [2.24, 2.45) is 0 Å². The molecule has 2 aliphatic heterocycles. The maximum absolute atomic E-state index is 13.2. The van der Waals surface area contributed by atoms with Crippen LogP contribution in [0.1, 0.15) is 69.6 Å². The summed E-state index contributed by atoms with van der Waals surface area (Å²) >= 11 is 0. The second-order valence-corrected chi connectivity index (χ2v) is 15.1. The lowest BCUT2D eigenvalue weighted by atomic mass is 9.93. The van der Waals surface area contributed by atoms with Crippen LogP contribution >= 0.6 is 0 Å². The number of rotatable bonds is 22. The zero-order valence-corrected chi connectivity index (χ0v) is 35.6. The Morgan fingerprint density at radius 2 is 1.36 bits per heavy atom. The highest BCUT2D eigenvalue weighted by molar-refractivity contribution is 6.24. The Balaban J connectivity index is 0.742. The third-order valence-corrected chi connectivity index (χ3v) is 10.4. The van der Waals surface area contributed by atoms with Crippen molar-refractivity contribution in [3.8, 4) is 17.2 Å². The van der Waals surface area contributed by atoms with Gasteiger partial charge < -0.3 is 49.7 Å². The number of hydrogen-bond acceptors (Lipinski definition) is 13. The lowest BCUT2D eigenvalue weighted by Gasteiger charge is -2.29. The molecule has 1 saturated carbocycles. The fourth-order valence-corrected chi connectivity index (χ4v) is 7.24. The molecule has 0 spiro atoms. The van der Waals surface area contributed by atoms with E-state index in [9.17, 15) is 46.7 Å². The molecule has 5 N–H and O–H groups in total. The summed E-state index contributed by atoms with van der Waals surface area (Å²) in [7, 11) is 0. The number of carbonyl (C=O) groups excluding carboxylic acids is 7. The lowest BCUT2D eigenvalue weighted by Crippen LogP contribution is -2.54. The second-order valence-electron chi connectivity index (χ2n) is 15.1. The molecule has 1 aliphatic carbocycles. The van der Waals surface area contributed by atoms with Gasteiger partial charge in [-0.05, 0) is 92.8 Å². The highest BCUT2D eigenvalue weighted by Gasteiger charge is 2.46. The standard InChI is InChI=1S/C44H49F3N6O13/c45-44(46,47)66-32-14-8-29(9-15-32)51-43(60)50-28-6-12-31(13-7-28)65-30-10-4-27(5-11-30)39(56)49-19-21-62-23-25-63-24-22-61-20-18-48-37(55)26-64-35-3-1-2-33-38(35)42(59)53(41(33)58)34-16-17-36(54)52-40(34)57/h1-5,8-11,14-15,28,31,34H,6-7,12-13,16-26H2,(H,48,55)(H,49,56)(H2,50,51,60)(H,52,54,57). The fourth-order valence-electron chi connectivity index (χ4n) is 7.24. The van der Waals surface area contributed by atoms with Gasteiger partial charge in [-0.25, -0.2) is 4.79 Å². The van der Waals surface area contributed by atoms with Gasteiger partial charge in [0.25, 0.3) is 23.6 Å².